The number of nitrogens with zero attached hydrogens (tertiary/aromatic N) is 1. The van der Waals surface area contributed by atoms with Gasteiger partial charge in [0.15, 0.2) is 0 Å². The number of halogens is 2. The highest BCUT2D eigenvalue weighted by Crippen LogP contribution is 2.32. The van der Waals surface area contributed by atoms with Crippen molar-refractivity contribution in [3.05, 3.63) is 32.7 Å². The van der Waals surface area contributed by atoms with Gasteiger partial charge in [0.05, 0.1) is 24.3 Å². The molecule has 1 heterocycles. The zero-order valence-electron chi connectivity index (χ0n) is 10.4. The molecular formula is C14H15Br2NO2. The van der Waals surface area contributed by atoms with Crippen LogP contribution in [0.4, 0.5) is 0 Å². The van der Waals surface area contributed by atoms with Crippen LogP contribution in [0.3, 0.4) is 0 Å². The first kappa shape index (κ1) is 13.6. The summed E-state index contributed by atoms with van der Waals surface area (Å²) < 4.78 is 7.53. The van der Waals surface area contributed by atoms with Crippen molar-refractivity contribution in [1.29, 1.82) is 0 Å². The fraction of sp³-hybridized carbons (Fsp3) is 0.500. The lowest BCUT2D eigenvalue weighted by Gasteiger charge is -2.37. The number of amides is 1. The summed E-state index contributed by atoms with van der Waals surface area (Å²) in [6, 6.07) is 5.97. The molecule has 0 radical (unpaired) electrons. The second-order valence-corrected chi connectivity index (χ2v) is 6.80. The predicted octanol–water partition coefficient (Wildman–Crippen LogP) is 3.61. The third kappa shape index (κ3) is 2.60. The standard InChI is InChI=1S/C14H15Br2NO2/c15-9-4-5-11(16)10(8-9)14(18)17-6-7-19-13-3-1-2-12(13)17/h4-5,8,12-13H,1-3,6-7H2. The molecular weight excluding hydrogens is 374 g/mol. The molecule has 0 bridgehead atoms. The van der Waals surface area contributed by atoms with Crippen molar-refractivity contribution in [2.75, 3.05) is 13.2 Å². The highest BCUT2D eigenvalue weighted by atomic mass is 79.9. The molecule has 0 spiro atoms. The lowest BCUT2D eigenvalue weighted by atomic mass is 10.1. The molecule has 19 heavy (non-hydrogen) atoms. The summed E-state index contributed by atoms with van der Waals surface area (Å²) in [5.74, 6) is 0.105. The normalized spacial score (nSPS) is 26.3. The number of carbonyl (C=O) groups is 1. The highest BCUT2D eigenvalue weighted by molar-refractivity contribution is 9.11. The number of benzene rings is 1. The van der Waals surface area contributed by atoms with Crippen LogP contribution in [0, 0.1) is 0 Å². The molecule has 1 aromatic carbocycles. The van der Waals surface area contributed by atoms with Crippen LogP contribution in [-0.4, -0.2) is 36.1 Å². The van der Waals surface area contributed by atoms with E-state index in [2.05, 4.69) is 31.9 Å². The van der Waals surface area contributed by atoms with Crippen molar-refractivity contribution in [2.45, 2.75) is 31.4 Å². The second-order valence-electron chi connectivity index (χ2n) is 5.03. The van der Waals surface area contributed by atoms with Gasteiger partial charge in [-0.15, -0.1) is 0 Å². The number of carbonyl (C=O) groups excluding carboxylic acids is 1. The Balaban J connectivity index is 1.88. The van der Waals surface area contributed by atoms with E-state index in [0.29, 0.717) is 13.2 Å². The van der Waals surface area contributed by atoms with E-state index in [9.17, 15) is 4.79 Å². The maximum absolute atomic E-state index is 12.7. The molecule has 1 saturated carbocycles. The number of morpholine rings is 1. The summed E-state index contributed by atoms with van der Waals surface area (Å²) >= 11 is 6.90. The van der Waals surface area contributed by atoms with Gasteiger partial charge in [0.1, 0.15) is 0 Å². The van der Waals surface area contributed by atoms with Gasteiger partial charge in [0.25, 0.3) is 5.91 Å². The van der Waals surface area contributed by atoms with E-state index in [0.717, 1.165) is 33.8 Å². The SMILES string of the molecule is O=C(c1cc(Br)ccc1Br)N1CCOC2CCCC21. The van der Waals surface area contributed by atoms with E-state index in [1.54, 1.807) is 0 Å². The summed E-state index contributed by atoms with van der Waals surface area (Å²) in [4.78, 5) is 14.7. The van der Waals surface area contributed by atoms with Crippen molar-refractivity contribution in [3.63, 3.8) is 0 Å². The minimum absolute atomic E-state index is 0.105. The Morgan fingerprint density at radius 3 is 3.00 bits per heavy atom. The minimum Gasteiger partial charge on any atom is -0.374 e. The monoisotopic (exact) mass is 387 g/mol. The third-order valence-corrected chi connectivity index (χ3v) is 5.09. The van der Waals surface area contributed by atoms with Crippen LogP contribution >= 0.6 is 31.9 Å². The molecule has 2 aliphatic rings. The molecule has 3 rings (SSSR count). The first-order valence-electron chi connectivity index (χ1n) is 6.54. The molecule has 2 fully saturated rings. The van der Waals surface area contributed by atoms with Gasteiger partial charge in [-0.25, -0.2) is 0 Å². The molecule has 2 atom stereocenters. The molecule has 5 heteroatoms. The van der Waals surface area contributed by atoms with Gasteiger partial charge in [0.2, 0.25) is 0 Å². The summed E-state index contributed by atoms with van der Waals surface area (Å²) in [5.41, 5.74) is 0.724. The lowest BCUT2D eigenvalue weighted by Crippen LogP contribution is -2.51. The third-order valence-electron chi connectivity index (χ3n) is 3.90. The van der Waals surface area contributed by atoms with Gasteiger partial charge < -0.3 is 9.64 Å². The van der Waals surface area contributed by atoms with Crippen LogP contribution in [-0.2, 0) is 4.74 Å². The van der Waals surface area contributed by atoms with Gasteiger partial charge in [-0.3, -0.25) is 4.79 Å². The fourth-order valence-electron chi connectivity index (χ4n) is 2.99. The fourth-order valence-corrected chi connectivity index (χ4v) is 3.77. The van der Waals surface area contributed by atoms with E-state index in [4.69, 9.17) is 4.74 Å². The van der Waals surface area contributed by atoms with Crippen LogP contribution in [0.25, 0.3) is 0 Å². The molecule has 102 valence electrons. The second kappa shape index (κ2) is 5.54. The molecule has 0 aromatic heterocycles. The number of hydrogen-bond acceptors (Lipinski definition) is 2. The van der Waals surface area contributed by atoms with Crippen LogP contribution in [0.1, 0.15) is 29.6 Å². The van der Waals surface area contributed by atoms with E-state index >= 15 is 0 Å². The van der Waals surface area contributed by atoms with Gasteiger partial charge in [0, 0.05) is 15.5 Å². The zero-order chi connectivity index (χ0) is 13.4. The quantitative estimate of drug-likeness (QED) is 0.735. The zero-order valence-corrected chi connectivity index (χ0v) is 13.6. The van der Waals surface area contributed by atoms with E-state index < -0.39 is 0 Å². The molecule has 3 nitrogen and oxygen atoms in total. The molecule has 1 saturated heterocycles. The summed E-state index contributed by atoms with van der Waals surface area (Å²) in [6.45, 7) is 1.34. The Bertz CT molecular complexity index is 506. The Labute approximate surface area is 129 Å². The Hall–Kier alpha value is -0.390. The smallest absolute Gasteiger partial charge is 0.255 e. The van der Waals surface area contributed by atoms with Crippen molar-refractivity contribution >= 4 is 37.8 Å². The Morgan fingerprint density at radius 2 is 2.16 bits per heavy atom. The number of ether oxygens (including phenoxy) is 1. The largest absolute Gasteiger partial charge is 0.374 e. The molecule has 1 amide bonds. The van der Waals surface area contributed by atoms with Crippen LogP contribution in [0.2, 0.25) is 0 Å². The predicted molar refractivity (Wildman–Crippen MR) is 80.3 cm³/mol. The number of hydrogen-bond donors (Lipinski definition) is 0. The van der Waals surface area contributed by atoms with Gasteiger partial charge in [-0.2, -0.15) is 0 Å². The van der Waals surface area contributed by atoms with Gasteiger partial charge in [-0.1, -0.05) is 15.9 Å². The molecule has 1 aliphatic carbocycles. The van der Waals surface area contributed by atoms with Crippen molar-refractivity contribution < 1.29 is 9.53 Å². The lowest BCUT2D eigenvalue weighted by molar-refractivity contribution is -0.0445. The minimum atomic E-state index is 0.105. The van der Waals surface area contributed by atoms with Crippen molar-refractivity contribution in [2.24, 2.45) is 0 Å². The van der Waals surface area contributed by atoms with E-state index in [1.165, 1.54) is 0 Å². The topological polar surface area (TPSA) is 29.5 Å². The maximum atomic E-state index is 12.7. The summed E-state index contributed by atoms with van der Waals surface area (Å²) in [6.07, 6.45) is 3.53. The maximum Gasteiger partial charge on any atom is 0.255 e. The van der Waals surface area contributed by atoms with Crippen LogP contribution in [0.5, 0.6) is 0 Å². The average Bonchev–Trinajstić information content (AvgIpc) is 2.89. The molecule has 1 aliphatic heterocycles. The highest BCUT2D eigenvalue weighted by Gasteiger charge is 2.38. The average molecular weight is 389 g/mol. The summed E-state index contributed by atoms with van der Waals surface area (Å²) in [5, 5.41) is 0. The molecule has 1 aromatic rings. The first-order valence-corrected chi connectivity index (χ1v) is 8.13. The molecule has 2 unspecified atom stereocenters. The van der Waals surface area contributed by atoms with Gasteiger partial charge in [-0.05, 0) is 53.4 Å². The number of fused-ring (bicyclic) bond motifs is 1. The van der Waals surface area contributed by atoms with E-state index in [1.807, 2.05) is 23.1 Å². The Kier molecular flexibility index (Phi) is 3.96. The van der Waals surface area contributed by atoms with Crippen LogP contribution < -0.4 is 0 Å². The first-order chi connectivity index (χ1) is 9.16. The summed E-state index contributed by atoms with van der Waals surface area (Å²) in [7, 11) is 0. The van der Waals surface area contributed by atoms with Crippen molar-refractivity contribution in [1.82, 2.24) is 4.90 Å². The van der Waals surface area contributed by atoms with E-state index in [-0.39, 0.29) is 18.1 Å². The molecule has 0 N–H and O–H groups in total. The van der Waals surface area contributed by atoms with Crippen LogP contribution in [0.15, 0.2) is 27.1 Å². The number of rotatable bonds is 1. The van der Waals surface area contributed by atoms with Gasteiger partial charge >= 0.3 is 0 Å². The van der Waals surface area contributed by atoms with Crippen molar-refractivity contribution in [3.8, 4) is 0 Å². The Morgan fingerprint density at radius 1 is 1.32 bits per heavy atom.